The molecule has 2 heterocycles. The summed E-state index contributed by atoms with van der Waals surface area (Å²) in [4.78, 5) is 2.16. The van der Waals surface area contributed by atoms with Crippen LogP contribution in [0.4, 0.5) is 0 Å². The monoisotopic (exact) mass is 310 g/mol. The molecule has 0 aromatic heterocycles. The molecule has 2 aliphatic rings. The summed E-state index contributed by atoms with van der Waals surface area (Å²) in [7, 11) is -2.95. The molecule has 18 heavy (non-hydrogen) atoms. The maximum atomic E-state index is 11.8. The standard InChI is InChI=1S/C11H22N2O2S3/c1-18(14,15)11-9-17-7-5-13(11)4-2-10-8-16-6-3-12-10/h10-12H,2-9H2,1H3. The first-order valence-corrected chi connectivity index (χ1v) is 10.7. The summed E-state index contributed by atoms with van der Waals surface area (Å²) in [5.41, 5.74) is 0. The number of hydrogen-bond donors (Lipinski definition) is 1. The van der Waals surface area contributed by atoms with Gasteiger partial charge in [0.15, 0.2) is 9.84 Å². The van der Waals surface area contributed by atoms with Crippen molar-refractivity contribution in [2.75, 3.05) is 48.9 Å². The van der Waals surface area contributed by atoms with Gasteiger partial charge in [0, 0.05) is 54.9 Å². The molecule has 0 aromatic rings. The summed E-state index contributed by atoms with van der Waals surface area (Å²) < 4.78 is 23.5. The summed E-state index contributed by atoms with van der Waals surface area (Å²) in [6.45, 7) is 2.89. The zero-order valence-corrected chi connectivity index (χ0v) is 13.2. The van der Waals surface area contributed by atoms with E-state index in [1.807, 2.05) is 11.8 Å². The minimum Gasteiger partial charge on any atom is -0.312 e. The SMILES string of the molecule is CS(=O)(=O)C1CSCCN1CCC1CSCCN1. The van der Waals surface area contributed by atoms with Crippen LogP contribution in [-0.4, -0.2) is 73.6 Å². The van der Waals surface area contributed by atoms with E-state index >= 15 is 0 Å². The number of nitrogens with one attached hydrogen (secondary N) is 1. The first kappa shape index (κ1) is 15.0. The number of nitrogens with zero attached hydrogens (tertiary/aromatic N) is 1. The van der Waals surface area contributed by atoms with E-state index in [9.17, 15) is 8.42 Å². The van der Waals surface area contributed by atoms with Crippen LogP contribution < -0.4 is 5.32 Å². The molecule has 2 rings (SSSR count). The zero-order valence-electron chi connectivity index (χ0n) is 10.8. The molecule has 106 valence electrons. The lowest BCUT2D eigenvalue weighted by Gasteiger charge is -2.35. The van der Waals surface area contributed by atoms with Crippen LogP contribution in [0.3, 0.4) is 0 Å². The van der Waals surface area contributed by atoms with E-state index < -0.39 is 9.84 Å². The Balaban J connectivity index is 1.85. The fourth-order valence-corrected chi connectivity index (χ4v) is 6.36. The molecule has 0 aliphatic carbocycles. The second kappa shape index (κ2) is 6.83. The average Bonchev–Trinajstić information content (AvgIpc) is 2.37. The van der Waals surface area contributed by atoms with E-state index in [0.29, 0.717) is 6.04 Å². The van der Waals surface area contributed by atoms with Crippen molar-refractivity contribution in [1.82, 2.24) is 10.2 Å². The Kier molecular flexibility index (Phi) is 5.68. The molecule has 2 saturated heterocycles. The smallest absolute Gasteiger partial charge is 0.164 e. The van der Waals surface area contributed by atoms with Gasteiger partial charge in [-0.3, -0.25) is 4.90 Å². The molecule has 0 aromatic carbocycles. The van der Waals surface area contributed by atoms with Gasteiger partial charge in [0.25, 0.3) is 0 Å². The van der Waals surface area contributed by atoms with Crippen LogP contribution in [0.5, 0.6) is 0 Å². The van der Waals surface area contributed by atoms with Gasteiger partial charge in [-0.2, -0.15) is 23.5 Å². The highest BCUT2D eigenvalue weighted by Crippen LogP contribution is 2.21. The summed E-state index contributed by atoms with van der Waals surface area (Å²) >= 11 is 3.75. The number of hydrogen-bond acceptors (Lipinski definition) is 6. The molecular weight excluding hydrogens is 288 g/mol. The molecule has 0 saturated carbocycles. The molecule has 2 unspecified atom stereocenters. The highest BCUT2D eigenvalue weighted by atomic mass is 32.2. The molecule has 0 bridgehead atoms. The Hall–Kier alpha value is 0.570. The number of sulfone groups is 1. The van der Waals surface area contributed by atoms with Gasteiger partial charge in [-0.25, -0.2) is 8.42 Å². The third kappa shape index (κ3) is 4.30. The Morgan fingerprint density at radius 1 is 1.28 bits per heavy atom. The van der Waals surface area contributed by atoms with Crippen LogP contribution in [0.2, 0.25) is 0 Å². The average molecular weight is 311 g/mol. The van der Waals surface area contributed by atoms with Gasteiger partial charge in [0.1, 0.15) is 5.37 Å². The molecule has 1 N–H and O–H groups in total. The van der Waals surface area contributed by atoms with E-state index in [2.05, 4.69) is 10.2 Å². The first-order valence-electron chi connectivity index (χ1n) is 6.39. The lowest BCUT2D eigenvalue weighted by molar-refractivity contribution is 0.256. The minimum atomic E-state index is -2.95. The highest BCUT2D eigenvalue weighted by Gasteiger charge is 2.31. The number of thioether (sulfide) groups is 2. The van der Waals surface area contributed by atoms with E-state index in [4.69, 9.17) is 0 Å². The van der Waals surface area contributed by atoms with Crippen molar-refractivity contribution in [3.8, 4) is 0 Å². The van der Waals surface area contributed by atoms with Crippen LogP contribution in [-0.2, 0) is 9.84 Å². The molecule has 2 atom stereocenters. The van der Waals surface area contributed by atoms with Gasteiger partial charge < -0.3 is 5.32 Å². The fourth-order valence-electron chi connectivity index (χ4n) is 2.39. The van der Waals surface area contributed by atoms with E-state index in [1.54, 1.807) is 11.8 Å². The molecule has 0 radical (unpaired) electrons. The topological polar surface area (TPSA) is 49.4 Å². The largest absolute Gasteiger partial charge is 0.312 e. The normalized spacial score (nSPS) is 31.4. The fraction of sp³-hybridized carbons (Fsp3) is 1.00. The van der Waals surface area contributed by atoms with Crippen LogP contribution in [0.25, 0.3) is 0 Å². The van der Waals surface area contributed by atoms with Crippen molar-refractivity contribution in [3.05, 3.63) is 0 Å². The third-order valence-electron chi connectivity index (χ3n) is 3.45. The van der Waals surface area contributed by atoms with Crippen LogP contribution >= 0.6 is 23.5 Å². The quantitative estimate of drug-likeness (QED) is 0.816. The summed E-state index contributed by atoms with van der Waals surface area (Å²) in [5.74, 6) is 4.14. The predicted octanol–water partition coefficient (Wildman–Crippen LogP) is 0.501. The van der Waals surface area contributed by atoms with Crippen molar-refractivity contribution in [2.45, 2.75) is 17.8 Å². The minimum absolute atomic E-state index is 0.271. The van der Waals surface area contributed by atoms with Crippen LogP contribution in [0, 0.1) is 0 Å². The lowest BCUT2D eigenvalue weighted by Crippen LogP contribution is -2.49. The van der Waals surface area contributed by atoms with Gasteiger partial charge in [-0.15, -0.1) is 0 Å². The van der Waals surface area contributed by atoms with Gasteiger partial charge in [-0.05, 0) is 6.42 Å². The molecule has 7 heteroatoms. The summed E-state index contributed by atoms with van der Waals surface area (Å²) in [5, 5.41) is 3.24. The van der Waals surface area contributed by atoms with Crippen molar-refractivity contribution in [2.24, 2.45) is 0 Å². The van der Waals surface area contributed by atoms with E-state index in [1.165, 1.54) is 12.0 Å². The first-order chi connectivity index (χ1) is 8.57. The maximum Gasteiger partial charge on any atom is 0.164 e. The van der Waals surface area contributed by atoms with Crippen LogP contribution in [0.15, 0.2) is 0 Å². The van der Waals surface area contributed by atoms with Gasteiger partial charge >= 0.3 is 0 Å². The predicted molar refractivity (Wildman–Crippen MR) is 81.3 cm³/mol. The second-order valence-electron chi connectivity index (χ2n) is 4.91. The molecule has 0 spiro atoms. The molecule has 0 amide bonds. The lowest BCUT2D eigenvalue weighted by atomic mass is 10.2. The maximum absolute atomic E-state index is 11.8. The molecular formula is C11H22N2O2S3. The summed E-state index contributed by atoms with van der Waals surface area (Å²) in [6.07, 6.45) is 2.43. The van der Waals surface area contributed by atoms with E-state index in [-0.39, 0.29) is 5.37 Å². The summed E-state index contributed by atoms with van der Waals surface area (Å²) in [6, 6.07) is 0.554. The Morgan fingerprint density at radius 3 is 2.72 bits per heavy atom. The number of rotatable bonds is 4. The van der Waals surface area contributed by atoms with Crippen molar-refractivity contribution >= 4 is 33.4 Å². The zero-order chi connectivity index (χ0) is 13.0. The second-order valence-corrected chi connectivity index (χ2v) is 9.41. The molecule has 2 fully saturated rings. The van der Waals surface area contributed by atoms with Gasteiger partial charge in [0.2, 0.25) is 0 Å². The third-order valence-corrected chi connectivity index (χ3v) is 7.27. The van der Waals surface area contributed by atoms with Gasteiger partial charge in [0.05, 0.1) is 0 Å². The Labute approximate surface area is 119 Å². The van der Waals surface area contributed by atoms with Crippen molar-refractivity contribution < 1.29 is 8.42 Å². The molecule has 4 nitrogen and oxygen atoms in total. The Bertz CT molecular complexity index is 355. The van der Waals surface area contributed by atoms with Crippen molar-refractivity contribution in [3.63, 3.8) is 0 Å². The van der Waals surface area contributed by atoms with Crippen LogP contribution in [0.1, 0.15) is 6.42 Å². The molecule has 2 aliphatic heterocycles. The van der Waals surface area contributed by atoms with Gasteiger partial charge in [-0.1, -0.05) is 0 Å². The Morgan fingerprint density at radius 2 is 2.06 bits per heavy atom. The van der Waals surface area contributed by atoms with E-state index in [0.717, 1.165) is 43.3 Å². The van der Waals surface area contributed by atoms with Crippen molar-refractivity contribution in [1.29, 1.82) is 0 Å². The highest BCUT2D eigenvalue weighted by molar-refractivity contribution is 8.00.